The Hall–Kier alpha value is -1.37. The quantitative estimate of drug-likeness (QED) is 0.520. The number of hydrogen-bond donors (Lipinski definition) is 3. The molecule has 0 saturated heterocycles. The molecular formula is C10H11NO4S. The highest BCUT2D eigenvalue weighted by atomic mass is 32.2. The number of fused-ring (bicyclic) bond motifs is 1. The summed E-state index contributed by atoms with van der Waals surface area (Å²) in [7, 11) is -4.31. The Morgan fingerprint density at radius 1 is 1.25 bits per heavy atom. The van der Waals surface area contributed by atoms with Gasteiger partial charge in [0.2, 0.25) is 0 Å². The Bertz CT molecular complexity index is 648. The van der Waals surface area contributed by atoms with Gasteiger partial charge in [-0.3, -0.25) is 4.55 Å². The summed E-state index contributed by atoms with van der Waals surface area (Å²) in [6.45, 7) is 0. The summed E-state index contributed by atoms with van der Waals surface area (Å²) in [5.41, 5.74) is 5.90. The fraction of sp³-hybridized carbons (Fsp3) is 0.200. The second-order valence-corrected chi connectivity index (χ2v) is 5.06. The number of nitrogens with two attached hydrogens (primary N) is 1. The topological polar surface area (TPSA) is 101 Å². The molecule has 0 radical (unpaired) electrons. The monoisotopic (exact) mass is 241 g/mol. The van der Waals surface area contributed by atoms with Crippen LogP contribution in [0, 0.1) is 0 Å². The molecular weight excluding hydrogens is 230 g/mol. The van der Waals surface area contributed by atoms with Gasteiger partial charge in [0, 0.05) is 22.6 Å². The van der Waals surface area contributed by atoms with Crippen molar-refractivity contribution in [3.8, 4) is 0 Å². The molecule has 1 unspecified atom stereocenters. The number of rotatable bonds is 1. The van der Waals surface area contributed by atoms with Crippen LogP contribution in [0.1, 0.15) is 6.42 Å². The largest absolute Gasteiger partial charge is 0.399 e. The summed E-state index contributed by atoms with van der Waals surface area (Å²) >= 11 is 0. The number of aliphatic hydroxyl groups excluding tert-OH is 1. The molecule has 1 aromatic rings. The van der Waals surface area contributed by atoms with Crippen molar-refractivity contribution in [1.82, 2.24) is 0 Å². The van der Waals surface area contributed by atoms with Crippen molar-refractivity contribution in [3.05, 3.63) is 34.7 Å². The van der Waals surface area contributed by atoms with E-state index in [1.807, 2.05) is 0 Å². The van der Waals surface area contributed by atoms with E-state index in [-0.39, 0.29) is 17.0 Å². The van der Waals surface area contributed by atoms with E-state index in [1.54, 1.807) is 24.3 Å². The Morgan fingerprint density at radius 3 is 2.38 bits per heavy atom. The van der Waals surface area contributed by atoms with Crippen LogP contribution in [0.3, 0.4) is 0 Å². The molecule has 2 rings (SSSR count). The summed E-state index contributed by atoms with van der Waals surface area (Å²) in [6.07, 6.45) is -1.27. The highest BCUT2D eigenvalue weighted by molar-refractivity contribution is 7.95. The molecule has 0 amide bonds. The first-order chi connectivity index (χ1) is 7.41. The van der Waals surface area contributed by atoms with E-state index in [4.69, 9.17) is 10.3 Å². The predicted octanol–water partition coefficient (Wildman–Crippen LogP) is -1.49. The minimum Gasteiger partial charge on any atom is -0.399 e. The lowest BCUT2D eigenvalue weighted by Gasteiger charge is -2.17. The molecule has 1 aliphatic carbocycles. The molecule has 0 aliphatic heterocycles. The number of aliphatic hydroxyl groups is 1. The highest BCUT2D eigenvalue weighted by Crippen LogP contribution is 2.16. The molecule has 0 saturated carbocycles. The third-order valence-corrected chi connectivity index (χ3v) is 3.60. The van der Waals surface area contributed by atoms with Crippen LogP contribution < -0.4 is 16.2 Å². The third kappa shape index (κ3) is 1.71. The summed E-state index contributed by atoms with van der Waals surface area (Å²) < 4.78 is 31.4. The lowest BCUT2D eigenvalue weighted by molar-refractivity contribution is 0.234. The molecule has 5 nitrogen and oxygen atoms in total. The maximum absolute atomic E-state index is 11.2. The van der Waals surface area contributed by atoms with E-state index in [0.29, 0.717) is 10.4 Å². The molecule has 1 aliphatic rings. The van der Waals surface area contributed by atoms with Gasteiger partial charge in [-0.2, -0.15) is 8.42 Å². The summed E-state index contributed by atoms with van der Waals surface area (Å²) in [4.78, 5) is -0.190. The van der Waals surface area contributed by atoms with Crippen LogP contribution in [-0.4, -0.2) is 24.2 Å². The predicted molar refractivity (Wildman–Crippen MR) is 58.9 cm³/mol. The maximum atomic E-state index is 11.2. The normalized spacial score (nSPS) is 20.8. The van der Waals surface area contributed by atoms with Gasteiger partial charge in [0.05, 0.1) is 11.0 Å². The van der Waals surface area contributed by atoms with Gasteiger partial charge < -0.3 is 10.8 Å². The highest BCUT2D eigenvalue weighted by Gasteiger charge is 2.24. The molecule has 0 bridgehead atoms. The van der Waals surface area contributed by atoms with Gasteiger partial charge in [-0.05, 0) is 0 Å². The zero-order valence-electron chi connectivity index (χ0n) is 8.29. The molecule has 86 valence electrons. The Balaban J connectivity index is 2.99. The van der Waals surface area contributed by atoms with Gasteiger partial charge in [-0.15, -0.1) is 0 Å². The minimum atomic E-state index is -4.31. The van der Waals surface area contributed by atoms with Crippen molar-refractivity contribution in [2.45, 2.75) is 12.5 Å². The van der Waals surface area contributed by atoms with E-state index in [0.717, 1.165) is 0 Å². The van der Waals surface area contributed by atoms with Crippen molar-refractivity contribution >= 4 is 20.7 Å². The molecule has 1 atom stereocenters. The van der Waals surface area contributed by atoms with E-state index in [9.17, 15) is 13.5 Å². The molecule has 16 heavy (non-hydrogen) atoms. The summed E-state index contributed by atoms with van der Waals surface area (Å²) in [5, 5.41) is 10.4. The Labute approximate surface area is 92.3 Å². The third-order valence-electron chi connectivity index (χ3n) is 2.59. The molecule has 0 aromatic heterocycles. The average molecular weight is 241 g/mol. The zero-order valence-corrected chi connectivity index (χ0v) is 9.11. The summed E-state index contributed by atoms with van der Waals surface area (Å²) in [6, 6.07) is 6.50. The van der Waals surface area contributed by atoms with Crippen LogP contribution in [0.5, 0.6) is 0 Å². The Kier molecular flexibility index (Phi) is 2.49. The molecule has 1 aromatic carbocycles. The van der Waals surface area contributed by atoms with Crippen LogP contribution in [0.25, 0.3) is 10.6 Å². The van der Waals surface area contributed by atoms with Crippen molar-refractivity contribution in [3.63, 3.8) is 0 Å². The van der Waals surface area contributed by atoms with Crippen molar-refractivity contribution < 1.29 is 18.1 Å². The zero-order chi connectivity index (χ0) is 11.9. The average Bonchev–Trinajstić information content (AvgIpc) is 2.22. The van der Waals surface area contributed by atoms with E-state index in [2.05, 4.69) is 0 Å². The molecule has 0 spiro atoms. The second-order valence-electron chi connectivity index (χ2n) is 3.62. The fourth-order valence-corrected chi connectivity index (χ4v) is 2.62. The SMILES string of the molecule is NC1=c2ccccc2=C(S(=O)(=O)O)CC1O. The first-order valence-electron chi connectivity index (χ1n) is 4.64. The second kappa shape index (κ2) is 3.58. The van der Waals surface area contributed by atoms with Crippen LogP contribution in [0.4, 0.5) is 0 Å². The van der Waals surface area contributed by atoms with Crippen molar-refractivity contribution in [1.29, 1.82) is 0 Å². The number of hydrogen-bond acceptors (Lipinski definition) is 4. The van der Waals surface area contributed by atoms with Gasteiger partial charge >= 0.3 is 0 Å². The first-order valence-corrected chi connectivity index (χ1v) is 6.08. The van der Waals surface area contributed by atoms with Crippen LogP contribution in [0.15, 0.2) is 24.3 Å². The van der Waals surface area contributed by atoms with Crippen LogP contribution in [-0.2, 0) is 10.1 Å². The lowest BCUT2D eigenvalue weighted by atomic mass is 10.0. The lowest BCUT2D eigenvalue weighted by Crippen LogP contribution is -2.41. The van der Waals surface area contributed by atoms with Gasteiger partial charge in [0.1, 0.15) is 0 Å². The smallest absolute Gasteiger partial charge is 0.291 e. The van der Waals surface area contributed by atoms with E-state index >= 15 is 0 Å². The molecule has 0 heterocycles. The van der Waals surface area contributed by atoms with Crippen LogP contribution >= 0.6 is 0 Å². The first kappa shape index (κ1) is 11.1. The van der Waals surface area contributed by atoms with Gasteiger partial charge in [-0.1, -0.05) is 24.3 Å². The van der Waals surface area contributed by atoms with Crippen LogP contribution in [0.2, 0.25) is 0 Å². The van der Waals surface area contributed by atoms with Gasteiger partial charge in [0.15, 0.2) is 0 Å². The minimum absolute atomic E-state index is 0.190. The van der Waals surface area contributed by atoms with Crippen molar-refractivity contribution in [2.24, 2.45) is 5.73 Å². The Morgan fingerprint density at radius 2 is 1.81 bits per heavy atom. The number of benzene rings is 1. The van der Waals surface area contributed by atoms with E-state index < -0.39 is 16.2 Å². The molecule has 0 fully saturated rings. The summed E-state index contributed by atoms with van der Waals surface area (Å²) in [5.74, 6) is 0. The van der Waals surface area contributed by atoms with Gasteiger partial charge in [0.25, 0.3) is 10.1 Å². The standard InChI is InChI=1S/C10H11NO4S/c11-10-7-4-2-1-3-6(7)9(5-8(10)12)16(13,14)15/h1-4,8,12H,5,11H2,(H,13,14,15). The van der Waals surface area contributed by atoms with Gasteiger partial charge in [-0.25, -0.2) is 0 Å². The molecule has 4 N–H and O–H groups in total. The molecule has 6 heteroatoms. The fourth-order valence-electron chi connectivity index (χ4n) is 1.80. The van der Waals surface area contributed by atoms with Crippen molar-refractivity contribution in [2.75, 3.05) is 0 Å². The maximum Gasteiger partial charge on any atom is 0.291 e. The van der Waals surface area contributed by atoms with E-state index in [1.165, 1.54) is 0 Å².